The van der Waals surface area contributed by atoms with Crippen molar-refractivity contribution in [1.82, 2.24) is 4.90 Å². The van der Waals surface area contributed by atoms with Gasteiger partial charge in [-0.05, 0) is 12.8 Å². The minimum absolute atomic E-state index is 0.162. The van der Waals surface area contributed by atoms with Gasteiger partial charge in [0.05, 0.1) is 11.8 Å². The smallest absolute Gasteiger partial charge is 0.239 e. The summed E-state index contributed by atoms with van der Waals surface area (Å²) in [5.74, 6) is -0.498. The first-order valence-corrected chi connectivity index (χ1v) is 5.87. The highest BCUT2D eigenvalue weighted by atomic mass is 35.5. The van der Waals surface area contributed by atoms with Crippen molar-refractivity contribution in [2.45, 2.75) is 19.3 Å². The average molecular weight is 252 g/mol. The highest BCUT2D eigenvalue weighted by Crippen LogP contribution is 2.39. The Labute approximate surface area is 103 Å². The van der Waals surface area contributed by atoms with E-state index in [4.69, 9.17) is 11.6 Å². The molecule has 0 bridgehead atoms. The molecule has 5 nitrogen and oxygen atoms in total. The van der Waals surface area contributed by atoms with E-state index in [-0.39, 0.29) is 23.7 Å². The molecule has 0 N–H and O–H groups in total. The van der Waals surface area contributed by atoms with Gasteiger partial charge in [-0.15, -0.1) is 5.10 Å². The van der Waals surface area contributed by atoms with Crippen LogP contribution in [0.5, 0.6) is 0 Å². The molecule has 6 heteroatoms. The van der Waals surface area contributed by atoms with Crippen LogP contribution in [0.1, 0.15) is 19.3 Å². The summed E-state index contributed by atoms with van der Waals surface area (Å²) in [6.07, 6.45) is 4.85. The van der Waals surface area contributed by atoms with Crippen molar-refractivity contribution >= 4 is 35.5 Å². The van der Waals surface area contributed by atoms with Crippen LogP contribution in [0.2, 0.25) is 0 Å². The lowest BCUT2D eigenvalue weighted by Crippen LogP contribution is -2.36. The molecule has 1 aliphatic carbocycles. The van der Waals surface area contributed by atoms with Crippen molar-refractivity contribution < 1.29 is 9.59 Å². The van der Waals surface area contributed by atoms with Gasteiger partial charge in [-0.1, -0.05) is 17.7 Å². The maximum absolute atomic E-state index is 12.2. The van der Waals surface area contributed by atoms with E-state index in [9.17, 15) is 9.59 Å². The number of carbonyl (C=O) groups excluding carboxylic acids is 2. The number of carbonyl (C=O) groups is 2. The van der Waals surface area contributed by atoms with Crippen molar-refractivity contribution in [3.8, 4) is 0 Å². The molecular weight excluding hydrogens is 242 g/mol. The summed E-state index contributed by atoms with van der Waals surface area (Å²) in [6.45, 7) is 0. The standard InChI is InChI=1S/C11H10ClN3O2/c12-6-1-2-7-8(5-6)11(17)15(10(7)16)9-3-4-13-14-9/h1,4,7-8H,2-3,5H2. The van der Waals surface area contributed by atoms with Gasteiger partial charge in [0.1, 0.15) is 5.84 Å². The quantitative estimate of drug-likeness (QED) is 0.609. The Morgan fingerprint density at radius 2 is 2.06 bits per heavy atom. The lowest BCUT2D eigenvalue weighted by molar-refractivity contribution is -0.135. The predicted octanol–water partition coefficient (Wildman–Crippen LogP) is 1.29. The Morgan fingerprint density at radius 1 is 1.29 bits per heavy atom. The highest BCUT2D eigenvalue weighted by molar-refractivity contribution is 6.30. The molecule has 0 aromatic heterocycles. The maximum atomic E-state index is 12.2. The monoisotopic (exact) mass is 251 g/mol. The number of likely N-dealkylation sites (tertiary alicyclic amines) is 1. The largest absolute Gasteiger partial charge is 0.274 e. The number of amidine groups is 1. The average Bonchev–Trinajstić information content (AvgIpc) is 2.88. The summed E-state index contributed by atoms with van der Waals surface area (Å²) in [4.78, 5) is 25.5. The molecule has 0 radical (unpaired) electrons. The molecule has 2 unspecified atom stereocenters. The van der Waals surface area contributed by atoms with Gasteiger partial charge in [-0.3, -0.25) is 9.59 Å². The van der Waals surface area contributed by atoms with E-state index in [0.717, 1.165) is 0 Å². The minimum atomic E-state index is -0.316. The number of hydrogen-bond acceptors (Lipinski definition) is 4. The van der Waals surface area contributed by atoms with Crippen molar-refractivity contribution in [2.24, 2.45) is 22.0 Å². The molecule has 0 spiro atoms. The summed E-state index contributed by atoms with van der Waals surface area (Å²) < 4.78 is 0. The van der Waals surface area contributed by atoms with Crippen molar-refractivity contribution in [2.75, 3.05) is 0 Å². The molecular formula is C11H10ClN3O2. The number of allylic oxidation sites excluding steroid dienone is 2. The third-order valence-electron chi connectivity index (χ3n) is 3.36. The van der Waals surface area contributed by atoms with Crippen LogP contribution in [0.3, 0.4) is 0 Å². The van der Waals surface area contributed by atoms with Gasteiger partial charge < -0.3 is 0 Å². The van der Waals surface area contributed by atoms with E-state index in [1.54, 1.807) is 6.21 Å². The van der Waals surface area contributed by atoms with Crippen LogP contribution in [-0.2, 0) is 9.59 Å². The Morgan fingerprint density at radius 3 is 2.76 bits per heavy atom. The molecule has 0 saturated carbocycles. The highest BCUT2D eigenvalue weighted by Gasteiger charge is 2.50. The minimum Gasteiger partial charge on any atom is -0.274 e. The van der Waals surface area contributed by atoms with E-state index in [2.05, 4.69) is 10.2 Å². The van der Waals surface area contributed by atoms with Crippen LogP contribution in [0.4, 0.5) is 0 Å². The molecule has 2 atom stereocenters. The van der Waals surface area contributed by atoms with Crippen LogP contribution < -0.4 is 0 Å². The molecule has 3 aliphatic rings. The van der Waals surface area contributed by atoms with Crippen LogP contribution in [0.15, 0.2) is 21.3 Å². The number of nitrogens with zero attached hydrogens (tertiary/aromatic N) is 3. The molecule has 3 rings (SSSR count). The molecule has 1 fully saturated rings. The van der Waals surface area contributed by atoms with Crippen LogP contribution in [-0.4, -0.2) is 28.8 Å². The second-order valence-electron chi connectivity index (χ2n) is 4.33. The molecule has 88 valence electrons. The fraction of sp³-hybridized carbons (Fsp3) is 0.455. The fourth-order valence-electron chi connectivity index (χ4n) is 2.49. The van der Waals surface area contributed by atoms with Gasteiger partial charge in [0.15, 0.2) is 0 Å². The van der Waals surface area contributed by atoms with E-state index < -0.39 is 0 Å². The number of hydrogen-bond donors (Lipinski definition) is 0. The lowest BCUT2D eigenvalue weighted by atomic mass is 9.85. The number of fused-ring (bicyclic) bond motifs is 1. The zero-order chi connectivity index (χ0) is 12.0. The topological polar surface area (TPSA) is 62.1 Å². The van der Waals surface area contributed by atoms with Crippen molar-refractivity contribution in [3.63, 3.8) is 0 Å². The Kier molecular flexibility index (Phi) is 2.36. The lowest BCUT2D eigenvalue weighted by Gasteiger charge is -2.17. The molecule has 1 saturated heterocycles. The molecule has 17 heavy (non-hydrogen) atoms. The Hall–Kier alpha value is -1.49. The summed E-state index contributed by atoms with van der Waals surface area (Å²) in [5.41, 5.74) is 0. The number of rotatable bonds is 0. The normalized spacial score (nSPS) is 31.7. The van der Waals surface area contributed by atoms with Gasteiger partial charge >= 0.3 is 0 Å². The van der Waals surface area contributed by atoms with Crippen molar-refractivity contribution in [3.05, 3.63) is 11.1 Å². The molecule has 2 aliphatic heterocycles. The Balaban J connectivity index is 1.91. The molecule has 0 aromatic carbocycles. The first-order chi connectivity index (χ1) is 8.18. The number of imide groups is 1. The maximum Gasteiger partial charge on any atom is 0.239 e. The van der Waals surface area contributed by atoms with Gasteiger partial charge in [0.2, 0.25) is 11.8 Å². The molecule has 0 aromatic rings. The predicted molar refractivity (Wildman–Crippen MR) is 62.5 cm³/mol. The van der Waals surface area contributed by atoms with Crippen LogP contribution >= 0.6 is 11.6 Å². The van der Waals surface area contributed by atoms with Crippen molar-refractivity contribution in [1.29, 1.82) is 0 Å². The summed E-state index contributed by atoms with van der Waals surface area (Å²) >= 11 is 5.93. The van der Waals surface area contributed by atoms with Gasteiger partial charge in [-0.2, -0.15) is 5.10 Å². The number of amides is 2. The van der Waals surface area contributed by atoms with Crippen LogP contribution in [0, 0.1) is 11.8 Å². The van der Waals surface area contributed by atoms with E-state index in [1.807, 2.05) is 6.08 Å². The van der Waals surface area contributed by atoms with Crippen LogP contribution in [0.25, 0.3) is 0 Å². The third-order valence-corrected chi connectivity index (χ3v) is 3.66. The Bertz CT molecular complexity index is 495. The second kappa shape index (κ2) is 3.77. The van der Waals surface area contributed by atoms with Gasteiger partial charge in [-0.25, -0.2) is 4.90 Å². The summed E-state index contributed by atoms with van der Waals surface area (Å²) in [6, 6.07) is 0. The summed E-state index contributed by atoms with van der Waals surface area (Å²) in [7, 11) is 0. The number of halogens is 1. The SMILES string of the molecule is O=C1C2CC=C(Cl)CC2C(=O)N1C1=NN=CC1. The third kappa shape index (κ3) is 1.53. The van der Waals surface area contributed by atoms with E-state index in [0.29, 0.717) is 30.1 Å². The summed E-state index contributed by atoms with van der Waals surface area (Å²) in [5, 5.41) is 8.17. The van der Waals surface area contributed by atoms with E-state index >= 15 is 0 Å². The first-order valence-electron chi connectivity index (χ1n) is 5.49. The van der Waals surface area contributed by atoms with Gasteiger partial charge in [0.25, 0.3) is 0 Å². The fourth-order valence-corrected chi connectivity index (χ4v) is 2.74. The molecule has 2 heterocycles. The first kappa shape index (κ1) is 10.7. The molecule has 2 amide bonds. The van der Waals surface area contributed by atoms with Gasteiger partial charge in [0, 0.05) is 17.7 Å². The zero-order valence-corrected chi connectivity index (χ0v) is 9.72. The zero-order valence-electron chi connectivity index (χ0n) is 8.97. The van der Waals surface area contributed by atoms with E-state index in [1.165, 1.54) is 4.90 Å². The second-order valence-corrected chi connectivity index (χ2v) is 4.82.